The first-order valence-corrected chi connectivity index (χ1v) is 7.05. The maximum atomic E-state index is 3.60. The van der Waals surface area contributed by atoms with Gasteiger partial charge in [-0.25, -0.2) is 0 Å². The molecule has 0 bridgehead atoms. The van der Waals surface area contributed by atoms with Gasteiger partial charge in [-0.15, -0.1) is 0 Å². The Labute approximate surface area is 106 Å². The normalized spacial score (nSPS) is 18.1. The van der Waals surface area contributed by atoms with Gasteiger partial charge in [0.05, 0.1) is 0 Å². The largest absolute Gasteiger partial charge is 0.310 e. The lowest BCUT2D eigenvalue weighted by atomic mass is 9.79. The van der Waals surface area contributed by atoms with Gasteiger partial charge in [-0.3, -0.25) is 0 Å². The van der Waals surface area contributed by atoms with Gasteiger partial charge in [-0.05, 0) is 42.3 Å². The minimum Gasteiger partial charge on any atom is -0.310 e. The lowest BCUT2D eigenvalue weighted by Crippen LogP contribution is -2.25. The second-order valence-electron chi connectivity index (χ2n) is 5.58. The van der Waals surface area contributed by atoms with E-state index in [0.717, 1.165) is 12.5 Å². The van der Waals surface area contributed by atoms with Crippen molar-refractivity contribution < 1.29 is 0 Å². The maximum Gasteiger partial charge on any atom is 0.0343 e. The molecule has 1 heteroatoms. The summed E-state index contributed by atoms with van der Waals surface area (Å²) in [5.41, 5.74) is 3.02. The van der Waals surface area contributed by atoms with Gasteiger partial charge in [0, 0.05) is 6.04 Å². The average Bonchev–Trinajstić information content (AvgIpc) is 2.23. The van der Waals surface area contributed by atoms with Crippen LogP contribution in [0.25, 0.3) is 0 Å². The first-order chi connectivity index (χ1) is 8.22. The van der Waals surface area contributed by atoms with Crippen LogP contribution in [0, 0.1) is 5.92 Å². The topological polar surface area (TPSA) is 12.0 Å². The molecule has 1 atom stereocenters. The Bertz CT molecular complexity index is 352. The summed E-state index contributed by atoms with van der Waals surface area (Å²) in [5.74, 6) is 1.48. The summed E-state index contributed by atoms with van der Waals surface area (Å²) in [7, 11) is 0. The van der Waals surface area contributed by atoms with Crippen molar-refractivity contribution in [3.63, 3.8) is 0 Å². The van der Waals surface area contributed by atoms with Crippen LogP contribution in [0.1, 0.15) is 63.1 Å². The van der Waals surface area contributed by atoms with Gasteiger partial charge < -0.3 is 5.32 Å². The Kier molecular flexibility index (Phi) is 4.22. The lowest BCUT2D eigenvalue weighted by molar-refractivity contribution is 0.410. The minimum absolute atomic E-state index is 0.500. The molecule has 1 aromatic carbocycles. The third kappa shape index (κ3) is 2.90. The van der Waals surface area contributed by atoms with Crippen LogP contribution in [-0.4, -0.2) is 6.54 Å². The number of rotatable bonds is 5. The van der Waals surface area contributed by atoms with Gasteiger partial charge >= 0.3 is 0 Å². The minimum atomic E-state index is 0.500. The molecule has 0 saturated heterocycles. The second-order valence-corrected chi connectivity index (χ2v) is 5.58. The molecular formula is C16H25N. The van der Waals surface area contributed by atoms with E-state index in [0.29, 0.717) is 12.0 Å². The smallest absolute Gasteiger partial charge is 0.0343 e. The second kappa shape index (κ2) is 5.68. The predicted octanol–water partition coefficient (Wildman–Crippen LogP) is 4.26. The van der Waals surface area contributed by atoms with Crippen LogP contribution in [-0.2, 0) is 0 Å². The van der Waals surface area contributed by atoms with E-state index in [1.165, 1.54) is 24.8 Å². The van der Waals surface area contributed by atoms with Crippen molar-refractivity contribution in [1.29, 1.82) is 0 Å². The summed E-state index contributed by atoms with van der Waals surface area (Å²) in [6.07, 6.45) is 4.18. The molecule has 2 rings (SSSR count). The van der Waals surface area contributed by atoms with Crippen molar-refractivity contribution in [2.75, 3.05) is 6.54 Å². The van der Waals surface area contributed by atoms with Gasteiger partial charge in [-0.1, -0.05) is 51.5 Å². The SMILES string of the molecule is CCNC(c1cccc(C2CCC2)c1)C(C)C. The molecule has 0 radical (unpaired) electrons. The van der Waals surface area contributed by atoms with Gasteiger partial charge in [0.2, 0.25) is 0 Å². The molecule has 1 aliphatic carbocycles. The van der Waals surface area contributed by atoms with Crippen LogP contribution >= 0.6 is 0 Å². The van der Waals surface area contributed by atoms with Gasteiger partial charge in [0.1, 0.15) is 0 Å². The summed E-state index contributed by atoms with van der Waals surface area (Å²) in [4.78, 5) is 0. The summed E-state index contributed by atoms with van der Waals surface area (Å²) in [5, 5.41) is 3.60. The van der Waals surface area contributed by atoms with Crippen molar-refractivity contribution in [3.05, 3.63) is 35.4 Å². The first-order valence-electron chi connectivity index (χ1n) is 7.05. The van der Waals surface area contributed by atoms with Crippen molar-refractivity contribution in [2.24, 2.45) is 5.92 Å². The van der Waals surface area contributed by atoms with E-state index < -0.39 is 0 Å². The van der Waals surface area contributed by atoms with Crippen molar-refractivity contribution in [3.8, 4) is 0 Å². The number of nitrogens with one attached hydrogen (secondary N) is 1. The highest BCUT2D eigenvalue weighted by Crippen LogP contribution is 2.37. The monoisotopic (exact) mass is 231 g/mol. The van der Waals surface area contributed by atoms with E-state index in [9.17, 15) is 0 Å². The van der Waals surface area contributed by atoms with Crippen LogP contribution in [0.3, 0.4) is 0 Å². The molecule has 0 aromatic heterocycles. The van der Waals surface area contributed by atoms with Gasteiger partial charge in [0.25, 0.3) is 0 Å². The van der Waals surface area contributed by atoms with Crippen molar-refractivity contribution in [1.82, 2.24) is 5.32 Å². The highest BCUT2D eigenvalue weighted by Gasteiger charge is 2.21. The lowest BCUT2D eigenvalue weighted by Gasteiger charge is -2.28. The summed E-state index contributed by atoms with van der Waals surface area (Å²) in [6.45, 7) is 7.81. The number of benzene rings is 1. The Morgan fingerprint density at radius 1 is 1.29 bits per heavy atom. The summed E-state index contributed by atoms with van der Waals surface area (Å²) in [6, 6.07) is 9.74. The molecule has 1 aromatic rings. The molecule has 0 spiro atoms. The van der Waals surface area contributed by atoms with E-state index in [1.807, 2.05) is 0 Å². The van der Waals surface area contributed by atoms with Gasteiger partial charge in [-0.2, -0.15) is 0 Å². The van der Waals surface area contributed by atoms with E-state index in [4.69, 9.17) is 0 Å². The molecule has 1 nitrogen and oxygen atoms in total. The van der Waals surface area contributed by atoms with E-state index in [2.05, 4.69) is 50.4 Å². The maximum absolute atomic E-state index is 3.60. The highest BCUT2D eigenvalue weighted by atomic mass is 14.9. The molecule has 0 aliphatic heterocycles. The molecule has 0 amide bonds. The van der Waals surface area contributed by atoms with Crippen molar-refractivity contribution in [2.45, 2.75) is 52.0 Å². The van der Waals surface area contributed by atoms with Crippen LogP contribution in [0.2, 0.25) is 0 Å². The Hall–Kier alpha value is -0.820. The van der Waals surface area contributed by atoms with E-state index in [1.54, 1.807) is 5.56 Å². The quantitative estimate of drug-likeness (QED) is 0.798. The number of hydrogen-bond donors (Lipinski definition) is 1. The third-order valence-corrected chi connectivity index (χ3v) is 3.94. The molecule has 94 valence electrons. The standard InChI is InChI=1S/C16H25N/c1-4-17-16(12(2)3)15-10-6-9-14(11-15)13-7-5-8-13/h6,9-13,16-17H,4-5,7-8H2,1-3H3. The molecule has 1 fully saturated rings. The molecule has 1 N–H and O–H groups in total. The average molecular weight is 231 g/mol. The first kappa shape index (κ1) is 12.6. The van der Waals surface area contributed by atoms with Crippen molar-refractivity contribution >= 4 is 0 Å². The zero-order chi connectivity index (χ0) is 12.3. The fourth-order valence-electron chi connectivity index (χ4n) is 2.71. The fraction of sp³-hybridized carbons (Fsp3) is 0.625. The Balaban J connectivity index is 2.17. The molecule has 1 saturated carbocycles. The Morgan fingerprint density at radius 2 is 2.06 bits per heavy atom. The highest BCUT2D eigenvalue weighted by molar-refractivity contribution is 5.30. The van der Waals surface area contributed by atoms with Crippen LogP contribution in [0.5, 0.6) is 0 Å². The molecule has 17 heavy (non-hydrogen) atoms. The third-order valence-electron chi connectivity index (χ3n) is 3.94. The van der Waals surface area contributed by atoms with E-state index in [-0.39, 0.29) is 0 Å². The molecule has 1 aliphatic rings. The molecular weight excluding hydrogens is 206 g/mol. The molecule has 0 heterocycles. The number of hydrogen-bond acceptors (Lipinski definition) is 1. The Morgan fingerprint density at radius 3 is 2.59 bits per heavy atom. The predicted molar refractivity (Wildman–Crippen MR) is 74.3 cm³/mol. The summed E-state index contributed by atoms with van der Waals surface area (Å²) >= 11 is 0. The van der Waals surface area contributed by atoms with Gasteiger partial charge in [0.15, 0.2) is 0 Å². The van der Waals surface area contributed by atoms with E-state index >= 15 is 0 Å². The van der Waals surface area contributed by atoms with Crippen LogP contribution in [0.4, 0.5) is 0 Å². The molecule has 1 unspecified atom stereocenters. The van der Waals surface area contributed by atoms with Crippen LogP contribution < -0.4 is 5.32 Å². The zero-order valence-electron chi connectivity index (χ0n) is 11.4. The zero-order valence-corrected chi connectivity index (χ0v) is 11.4. The summed E-state index contributed by atoms with van der Waals surface area (Å²) < 4.78 is 0. The fourth-order valence-corrected chi connectivity index (χ4v) is 2.71. The van der Waals surface area contributed by atoms with Crippen LogP contribution in [0.15, 0.2) is 24.3 Å².